The fourth-order valence-electron chi connectivity index (χ4n) is 2.25. The van der Waals surface area contributed by atoms with E-state index in [9.17, 15) is 9.59 Å². The third-order valence-corrected chi connectivity index (χ3v) is 3.32. The molecule has 6 heteroatoms. The molecule has 0 heterocycles. The fraction of sp³-hybridized carbons (Fsp3) is 0.833. The van der Waals surface area contributed by atoms with Crippen molar-refractivity contribution in [2.75, 3.05) is 0 Å². The van der Waals surface area contributed by atoms with Gasteiger partial charge in [-0.3, -0.25) is 0 Å². The van der Waals surface area contributed by atoms with Crippen LogP contribution in [-0.4, -0.2) is 35.2 Å². The van der Waals surface area contributed by atoms with Gasteiger partial charge in [0.15, 0.2) is 0 Å². The molecule has 0 aromatic rings. The van der Waals surface area contributed by atoms with E-state index in [0.717, 1.165) is 25.7 Å². The van der Waals surface area contributed by atoms with Gasteiger partial charge in [0.25, 0.3) is 0 Å². The van der Waals surface area contributed by atoms with Gasteiger partial charge >= 0.3 is 12.0 Å². The van der Waals surface area contributed by atoms with Gasteiger partial charge in [0, 0.05) is 12.1 Å². The SMILES string of the molecule is CCCC(NC(=O)NC1CCCCC1N)C(=O)O. The fourth-order valence-corrected chi connectivity index (χ4v) is 2.25. The van der Waals surface area contributed by atoms with Crippen LogP contribution in [0.3, 0.4) is 0 Å². The van der Waals surface area contributed by atoms with Crippen LogP contribution in [-0.2, 0) is 4.79 Å². The molecule has 0 aliphatic heterocycles. The number of urea groups is 1. The Morgan fingerprint density at radius 2 is 2.06 bits per heavy atom. The van der Waals surface area contributed by atoms with E-state index in [0.29, 0.717) is 12.8 Å². The van der Waals surface area contributed by atoms with E-state index in [1.807, 2.05) is 6.92 Å². The number of amides is 2. The number of carboxylic acid groups (broad SMARTS) is 1. The standard InChI is InChI=1S/C12H23N3O3/c1-2-5-10(11(16)17)15-12(18)14-9-7-4-3-6-8(9)13/h8-10H,2-7,13H2,1H3,(H,16,17)(H2,14,15,18). The summed E-state index contributed by atoms with van der Waals surface area (Å²) < 4.78 is 0. The minimum absolute atomic E-state index is 0.0287. The summed E-state index contributed by atoms with van der Waals surface area (Å²) in [5, 5.41) is 14.2. The Balaban J connectivity index is 2.41. The zero-order valence-electron chi connectivity index (χ0n) is 10.8. The molecule has 5 N–H and O–H groups in total. The first-order valence-corrected chi connectivity index (χ1v) is 6.60. The predicted molar refractivity (Wildman–Crippen MR) is 68.2 cm³/mol. The molecule has 0 aromatic heterocycles. The minimum Gasteiger partial charge on any atom is -0.480 e. The summed E-state index contributed by atoms with van der Waals surface area (Å²) in [5.74, 6) is -1.00. The van der Waals surface area contributed by atoms with Crippen molar-refractivity contribution < 1.29 is 14.7 Å². The molecule has 3 unspecified atom stereocenters. The van der Waals surface area contributed by atoms with Crippen LogP contribution in [0, 0.1) is 0 Å². The summed E-state index contributed by atoms with van der Waals surface area (Å²) in [7, 11) is 0. The van der Waals surface area contributed by atoms with Gasteiger partial charge in [-0.05, 0) is 19.3 Å². The molecule has 18 heavy (non-hydrogen) atoms. The molecule has 104 valence electrons. The Morgan fingerprint density at radius 3 is 2.61 bits per heavy atom. The Bertz CT molecular complexity index is 296. The van der Waals surface area contributed by atoms with E-state index in [-0.39, 0.29) is 12.1 Å². The molecule has 0 radical (unpaired) electrons. The van der Waals surface area contributed by atoms with Crippen LogP contribution in [0.5, 0.6) is 0 Å². The summed E-state index contributed by atoms with van der Waals surface area (Å²) >= 11 is 0. The summed E-state index contributed by atoms with van der Waals surface area (Å²) in [6.07, 6.45) is 5.05. The van der Waals surface area contributed by atoms with Crippen molar-refractivity contribution in [3.8, 4) is 0 Å². The van der Waals surface area contributed by atoms with Crippen molar-refractivity contribution in [2.24, 2.45) is 5.73 Å². The molecule has 0 spiro atoms. The van der Waals surface area contributed by atoms with Crippen molar-refractivity contribution in [1.29, 1.82) is 0 Å². The van der Waals surface area contributed by atoms with E-state index < -0.39 is 18.0 Å². The van der Waals surface area contributed by atoms with Crippen molar-refractivity contribution >= 4 is 12.0 Å². The van der Waals surface area contributed by atoms with Crippen molar-refractivity contribution in [1.82, 2.24) is 10.6 Å². The zero-order valence-corrected chi connectivity index (χ0v) is 10.8. The van der Waals surface area contributed by atoms with Crippen LogP contribution in [0.1, 0.15) is 45.4 Å². The molecule has 1 saturated carbocycles. The molecule has 6 nitrogen and oxygen atoms in total. The van der Waals surface area contributed by atoms with E-state index in [1.54, 1.807) is 0 Å². The van der Waals surface area contributed by atoms with E-state index in [1.165, 1.54) is 0 Å². The van der Waals surface area contributed by atoms with Gasteiger partial charge in [-0.1, -0.05) is 26.2 Å². The number of hydrogen-bond acceptors (Lipinski definition) is 3. The van der Waals surface area contributed by atoms with E-state index in [2.05, 4.69) is 10.6 Å². The van der Waals surface area contributed by atoms with Crippen molar-refractivity contribution in [3.63, 3.8) is 0 Å². The average Bonchev–Trinajstić information content (AvgIpc) is 2.31. The molecule has 0 aromatic carbocycles. The maximum atomic E-state index is 11.7. The second-order valence-corrected chi connectivity index (χ2v) is 4.85. The number of rotatable bonds is 5. The molecule has 0 bridgehead atoms. The highest BCUT2D eigenvalue weighted by Gasteiger charge is 2.25. The van der Waals surface area contributed by atoms with Crippen molar-refractivity contribution in [2.45, 2.75) is 63.6 Å². The van der Waals surface area contributed by atoms with Gasteiger partial charge in [0.05, 0.1) is 0 Å². The number of nitrogens with one attached hydrogen (secondary N) is 2. The highest BCUT2D eigenvalue weighted by Crippen LogP contribution is 2.16. The maximum absolute atomic E-state index is 11.7. The van der Waals surface area contributed by atoms with Gasteiger partial charge in [-0.2, -0.15) is 0 Å². The lowest BCUT2D eigenvalue weighted by Gasteiger charge is -2.29. The van der Waals surface area contributed by atoms with Crippen molar-refractivity contribution in [3.05, 3.63) is 0 Å². The lowest BCUT2D eigenvalue weighted by Crippen LogP contribution is -2.54. The Labute approximate surface area is 107 Å². The van der Waals surface area contributed by atoms with E-state index >= 15 is 0 Å². The second-order valence-electron chi connectivity index (χ2n) is 4.85. The second kappa shape index (κ2) is 7.20. The van der Waals surface area contributed by atoms with Gasteiger partial charge in [0.2, 0.25) is 0 Å². The highest BCUT2D eigenvalue weighted by atomic mass is 16.4. The lowest BCUT2D eigenvalue weighted by atomic mass is 9.91. The summed E-state index contributed by atoms with van der Waals surface area (Å²) in [6, 6.07) is -1.33. The van der Waals surface area contributed by atoms with Crippen LogP contribution in [0.15, 0.2) is 0 Å². The molecule has 1 rings (SSSR count). The molecule has 1 aliphatic rings. The third kappa shape index (κ3) is 4.52. The number of carbonyl (C=O) groups excluding carboxylic acids is 1. The van der Waals surface area contributed by atoms with Gasteiger partial charge in [-0.15, -0.1) is 0 Å². The Kier molecular flexibility index (Phi) is 5.91. The normalized spacial score (nSPS) is 25.2. The quantitative estimate of drug-likeness (QED) is 0.585. The average molecular weight is 257 g/mol. The predicted octanol–water partition coefficient (Wildman–Crippen LogP) is 0.809. The number of carboxylic acids is 1. The Hall–Kier alpha value is -1.30. The summed E-state index contributed by atoms with van der Waals surface area (Å²) in [6.45, 7) is 1.88. The highest BCUT2D eigenvalue weighted by molar-refractivity contribution is 5.82. The number of carbonyl (C=O) groups is 2. The zero-order chi connectivity index (χ0) is 13.5. The first-order chi connectivity index (χ1) is 8.54. The van der Waals surface area contributed by atoms with Gasteiger partial charge in [0.1, 0.15) is 6.04 Å². The van der Waals surface area contributed by atoms with Crippen LogP contribution < -0.4 is 16.4 Å². The Morgan fingerprint density at radius 1 is 1.39 bits per heavy atom. The first kappa shape index (κ1) is 14.8. The first-order valence-electron chi connectivity index (χ1n) is 6.60. The number of hydrogen-bond donors (Lipinski definition) is 4. The third-order valence-electron chi connectivity index (χ3n) is 3.32. The molecule has 1 fully saturated rings. The largest absolute Gasteiger partial charge is 0.480 e. The topological polar surface area (TPSA) is 104 Å². The molecular formula is C12H23N3O3. The monoisotopic (exact) mass is 257 g/mol. The van der Waals surface area contributed by atoms with Gasteiger partial charge < -0.3 is 21.5 Å². The molecule has 2 amide bonds. The van der Waals surface area contributed by atoms with E-state index in [4.69, 9.17) is 10.8 Å². The van der Waals surface area contributed by atoms with Crippen LogP contribution in [0.4, 0.5) is 4.79 Å². The molecular weight excluding hydrogens is 234 g/mol. The summed E-state index contributed by atoms with van der Waals surface area (Å²) in [4.78, 5) is 22.6. The smallest absolute Gasteiger partial charge is 0.326 e. The maximum Gasteiger partial charge on any atom is 0.326 e. The van der Waals surface area contributed by atoms with Crippen LogP contribution in [0.25, 0.3) is 0 Å². The van der Waals surface area contributed by atoms with Gasteiger partial charge in [-0.25, -0.2) is 9.59 Å². The van der Waals surface area contributed by atoms with Crippen LogP contribution in [0.2, 0.25) is 0 Å². The number of aliphatic carboxylic acids is 1. The minimum atomic E-state index is -1.00. The number of nitrogens with two attached hydrogens (primary N) is 1. The molecule has 1 aliphatic carbocycles. The molecule has 0 saturated heterocycles. The van der Waals surface area contributed by atoms with Crippen LogP contribution >= 0.6 is 0 Å². The summed E-state index contributed by atoms with van der Waals surface area (Å²) in [5.41, 5.74) is 5.92. The lowest BCUT2D eigenvalue weighted by molar-refractivity contribution is -0.139. The molecule has 3 atom stereocenters.